The fourth-order valence-corrected chi connectivity index (χ4v) is 1.20. The first-order valence-electron chi connectivity index (χ1n) is 5.63. The average molecular weight is 208 g/mol. The second-order valence-electron chi connectivity index (χ2n) is 3.53. The minimum atomic E-state index is 0.662. The molecule has 0 amide bonds. The number of ether oxygens (including phenoxy) is 1. The van der Waals surface area contributed by atoms with E-state index in [0.717, 1.165) is 37.4 Å². The molecule has 0 aliphatic carbocycles. The molecule has 0 aliphatic heterocycles. The summed E-state index contributed by atoms with van der Waals surface area (Å²) >= 11 is 0. The average Bonchev–Trinajstić information content (AvgIpc) is 2.28. The molecule has 1 N–H and O–H groups in total. The van der Waals surface area contributed by atoms with E-state index in [1.54, 1.807) is 0 Å². The molecule has 15 heavy (non-hydrogen) atoms. The Labute approximate surface area is 91.9 Å². The van der Waals surface area contributed by atoms with E-state index in [4.69, 9.17) is 4.74 Å². The van der Waals surface area contributed by atoms with Crippen molar-refractivity contribution in [2.45, 2.75) is 33.3 Å². The number of nitrogens with one attached hydrogen (secondary N) is 1. The van der Waals surface area contributed by atoms with Gasteiger partial charge in [0.15, 0.2) is 0 Å². The van der Waals surface area contributed by atoms with E-state index in [9.17, 15) is 0 Å². The Bertz CT molecular complexity index is 259. The van der Waals surface area contributed by atoms with Crippen LogP contribution in [0.1, 0.15) is 32.3 Å². The van der Waals surface area contributed by atoms with E-state index >= 15 is 0 Å². The van der Waals surface area contributed by atoms with Crippen LogP contribution < -0.4 is 5.32 Å². The van der Waals surface area contributed by atoms with Crippen molar-refractivity contribution in [3.63, 3.8) is 0 Å². The summed E-state index contributed by atoms with van der Waals surface area (Å²) in [6.45, 7) is 6.69. The molecule has 1 heterocycles. The highest BCUT2D eigenvalue weighted by Crippen LogP contribution is 2.06. The summed E-state index contributed by atoms with van der Waals surface area (Å²) in [5, 5.41) is 3.24. The van der Waals surface area contributed by atoms with E-state index in [1.165, 1.54) is 0 Å². The SMILES string of the molecule is CCCNc1ccc(COCCC)cn1. The maximum absolute atomic E-state index is 5.43. The zero-order chi connectivity index (χ0) is 10.9. The topological polar surface area (TPSA) is 34.1 Å². The van der Waals surface area contributed by atoms with Gasteiger partial charge in [0, 0.05) is 19.3 Å². The van der Waals surface area contributed by atoms with Gasteiger partial charge in [-0.25, -0.2) is 4.98 Å². The summed E-state index contributed by atoms with van der Waals surface area (Å²) in [4.78, 5) is 4.30. The lowest BCUT2D eigenvalue weighted by Crippen LogP contribution is -2.02. The fourth-order valence-electron chi connectivity index (χ4n) is 1.20. The fraction of sp³-hybridized carbons (Fsp3) is 0.583. The van der Waals surface area contributed by atoms with Crippen LogP contribution in [0.2, 0.25) is 0 Å². The summed E-state index contributed by atoms with van der Waals surface area (Å²) in [6, 6.07) is 4.06. The Morgan fingerprint density at radius 1 is 1.27 bits per heavy atom. The van der Waals surface area contributed by atoms with Crippen LogP contribution in [-0.2, 0) is 11.3 Å². The summed E-state index contributed by atoms with van der Waals surface area (Å²) < 4.78 is 5.43. The number of aromatic nitrogens is 1. The Balaban J connectivity index is 2.35. The number of pyridine rings is 1. The van der Waals surface area contributed by atoms with Gasteiger partial charge in [-0.05, 0) is 24.5 Å². The van der Waals surface area contributed by atoms with Crippen molar-refractivity contribution >= 4 is 5.82 Å². The van der Waals surface area contributed by atoms with Crippen LogP contribution in [0.5, 0.6) is 0 Å². The normalized spacial score (nSPS) is 10.3. The minimum Gasteiger partial charge on any atom is -0.377 e. The molecule has 1 aromatic heterocycles. The van der Waals surface area contributed by atoms with Crippen LogP contribution in [0.25, 0.3) is 0 Å². The van der Waals surface area contributed by atoms with Gasteiger partial charge in [-0.1, -0.05) is 19.9 Å². The predicted octanol–water partition coefficient (Wildman–Crippen LogP) is 2.83. The lowest BCUT2D eigenvalue weighted by atomic mass is 10.3. The highest BCUT2D eigenvalue weighted by atomic mass is 16.5. The van der Waals surface area contributed by atoms with E-state index in [-0.39, 0.29) is 0 Å². The maximum Gasteiger partial charge on any atom is 0.125 e. The molecule has 1 aromatic rings. The zero-order valence-corrected chi connectivity index (χ0v) is 9.62. The number of anilines is 1. The Hall–Kier alpha value is -1.09. The molecule has 0 atom stereocenters. The first kappa shape index (κ1) is 12.0. The molecule has 3 heteroatoms. The van der Waals surface area contributed by atoms with Crippen LogP contribution in [0.4, 0.5) is 5.82 Å². The number of hydrogen-bond acceptors (Lipinski definition) is 3. The molecule has 0 aliphatic rings. The van der Waals surface area contributed by atoms with Crippen LogP contribution in [-0.4, -0.2) is 18.1 Å². The molecule has 0 unspecified atom stereocenters. The van der Waals surface area contributed by atoms with Crippen molar-refractivity contribution in [3.05, 3.63) is 23.9 Å². The van der Waals surface area contributed by atoms with E-state index in [0.29, 0.717) is 6.61 Å². The monoisotopic (exact) mass is 208 g/mol. The summed E-state index contributed by atoms with van der Waals surface area (Å²) in [6.07, 6.45) is 4.04. The summed E-state index contributed by atoms with van der Waals surface area (Å²) in [5.41, 5.74) is 1.13. The zero-order valence-electron chi connectivity index (χ0n) is 9.62. The highest BCUT2D eigenvalue weighted by molar-refractivity contribution is 5.35. The van der Waals surface area contributed by atoms with E-state index in [1.807, 2.05) is 12.3 Å². The minimum absolute atomic E-state index is 0.662. The molecular formula is C12H20N2O. The third-order valence-electron chi connectivity index (χ3n) is 2.00. The summed E-state index contributed by atoms with van der Waals surface area (Å²) in [5.74, 6) is 0.941. The van der Waals surface area contributed by atoms with Gasteiger partial charge in [0.25, 0.3) is 0 Å². The first-order valence-corrected chi connectivity index (χ1v) is 5.63. The van der Waals surface area contributed by atoms with Crippen molar-refractivity contribution in [1.82, 2.24) is 4.98 Å². The van der Waals surface area contributed by atoms with Gasteiger partial charge >= 0.3 is 0 Å². The van der Waals surface area contributed by atoms with E-state index < -0.39 is 0 Å². The first-order chi connectivity index (χ1) is 7.36. The van der Waals surface area contributed by atoms with Crippen LogP contribution in [0, 0.1) is 0 Å². The number of rotatable bonds is 7. The second kappa shape index (κ2) is 7.23. The third kappa shape index (κ3) is 4.79. The van der Waals surface area contributed by atoms with Crippen molar-refractivity contribution in [3.8, 4) is 0 Å². The highest BCUT2D eigenvalue weighted by Gasteiger charge is 1.95. The van der Waals surface area contributed by atoms with E-state index in [2.05, 4.69) is 30.2 Å². The molecule has 0 bridgehead atoms. The second-order valence-corrected chi connectivity index (χ2v) is 3.53. The Kier molecular flexibility index (Phi) is 5.78. The number of nitrogens with zero attached hydrogens (tertiary/aromatic N) is 1. The molecule has 0 saturated heterocycles. The molecular weight excluding hydrogens is 188 g/mol. The molecule has 0 fully saturated rings. The molecule has 0 spiro atoms. The molecule has 84 valence electrons. The molecule has 0 saturated carbocycles. The Morgan fingerprint density at radius 3 is 2.73 bits per heavy atom. The largest absolute Gasteiger partial charge is 0.377 e. The summed E-state index contributed by atoms with van der Waals surface area (Å²) in [7, 11) is 0. The van der Waals surface area contributed by atoms with Crippen LogP contribution in [0.3, 0.4) is 0 Å². The van der Waals surface area contributed by atoms with Gasteiger partial charge in [-0.2, -0.15) is 0 Å². The van der Waals surface area contributed by atoms with Crippen molar-refractivity contribution in [2.75, 3.05) is 18.5 Å². The Morgan fingerprint density at radius 2 is 2.13 bits per heavy atom. The smallest absolute Gasteiger partial charge is 0.125 e. The maximum atomic E-state index is 5.43. The van der Waals surface area contributed by atoms with Gasteiger partial charge in [0.1, 0.15) is 5.82 Å². The quantitative estimate of drug-likeness (QED) is 0.700. The molecule has 1 rings (SSSR count). The van der Waals surface area contributed by atoms with Gasteiger partial charge in [0.05, 0.1) is 6.61 Å². The predicted molar refractivity (Wildman–Crippen MR) is 63.0 cm³/mol. The van der Waals surface area contributed by atoms with Gasteiger partial charge in [-0.3, -0.25) is 0 Å². The van der Waals surface area contributed by atoms with Gasteiger partial charge < -0.3 is 10.1 Å². The van der Waals surface area contributed by atoms with Gasteiger partial charge in [-0.15, -0.1) is 0 Å². The van der Waals surface area contributed by atoms with Crippen LogP contribution >= 0.6 is 0 Å². The van der Waals surface area contributed by atoms with Crippen molar-refractivity contribution in [1.29, 1.82) is 0 Å². The van der Waals surface area contributed by atoms with Gasteiger partial charge in [0.2, 0.25) is 0 Å². The van der Waals surface area contributed by atoms with Crippen LogP contribution in [0.15, 0.2) is 18.3 Å². The third-order valence-corrected chi connectivity index (χ3v) is 2.00. The molecule has 0 aromatic carbocycles. The standard InChI is InChI=1S/C12H20N2O/c1-3-7-13-12-6-5-11(9-14-12)10-15-8-4-2/h5-6,9H,3-4,7-8,10H2,1-2H3,(H,13,14). The molecule has 0 radical (unpaired) electrons. The lowest BCUT2D eigenvalue weighted by Gasteiger charge is -2.05. The van der Waals surface area contributed by atoms with Crippen molar-refractivity contribution < 1.29 is 4.74 Å². The van der Waals surface area contributed by atoms with Crippen molar-refractivity contribution in [2.24, 2.45) is 0 Å². The lowest BCUT2D eigenvalue weighted by molar-refractivity contribution is 0.121. The number of hydrogen-bond donors (Lipinski definition) is 1. The molecule has 3 nitrogen and oxygen atoms in total.